The van der Waals surface area contributed by atoms with E-state index in [1.54, 1.807) is 0 Å². The van der Waals surface area contributed by atoms with Crippen LogP contribution in [-0.4, -0.2) is 24.7 Å². The maximum atomic E-state index is 3.31. The second-order valence-corrected chi connectivity index (χ2v) is 4.89. The van der Waals surface area contributed by atoms with Crippen LogP contribution in [0.25, 0.3) is 0 Å². The Kier molecular flexibility index (Phi) is 6.37. The maximum absolute atomic E-state index is 3.31. The largest absolute Gasteiger partial charge is 0.397 e. The van der Waals surface area contributed by atoms with Gasteiger partial charge in [-0.1, -0.05) is 62.1 Å². The molecule has 0 fully saturated rings. The summed E-state index contributed by atoms with van der Waals surface area (Å²) >= 11 is 0. The van der Waals surface area contributed by atoms with Crippen LogP contribution in [0.3, 0.4) is 0 Å². The minimum atomic E-state index is -0.0459. The van der Waals surface area contributed by atoms with Gasteiger partial charge in [-0.15, -0.1) is 11.6 Å². The molecule has 2 aromatic carbocycles. The summed E-state index contributed by atoms with van der Waals surface area (Å²) in [5.74, 6) is 13.1. The molecule has 1 nitrogen and oxygen atoms in total. The summed E-state index contributed by atoms with van der Waals surface area (Å²) in [6.45, 7) is 6.12. The zero-order chi connectivity index (χ0) is 15.6. The van der Waals surface area contributed by atoms with E-state index < -0.39 is 0 Å². The van der Waals surface area contributed by atoms with Crippen LogP contribution in [0, 0.1) is 23.5 Å². The molecule has 0 amide bonds. The van der Waals surface area contributed by atoms with Crippen LogP contribution >= 0.6 is 0 Å². The first-order valence-corrected chi connectivity index (χ1v) is 7.70. The van der Waals surface area contributed by atoms with Crippen molar-refractivity contribution < 1.29 is 0 Å². The predicted octanol–water partition coefficient (Wildman–Crippen LogP) is 3.50. The number of rotatable bonds is 3. The van der Waals surface area contributed by atoms with E-state index >= 15 is 0 Å². The van der Waals surface area contributed by atoms with Crippen LogP contribution in [0.4, 0.5) is 0 Å². The first-order valence-electron chi connectivity index (χ1n) is 7.70. The highest BCUT2D eigenvalue weighted by molar-refractivity contribution is 6.73. The molecule has 0 saturated carbocycles. The molecule has 0 aliphatic heterocycles. The third-order valence-electron chi connectivity index (χ3n) is 3.43. The third-order valence-corrected chi connectivity index (χ3v) is 3.43. The number of hydrogen-bond donors (Lipinski definition) is 0. The molecule has 0 aliphatic carbocycles. The van der Waals surface area contributed by atoms with Gasteiger partial charge in [0.25, 0.3) is 0 Å². The normalized spacial score (nSPS) is 9.41. The summed E-state index contributed by atoms with van der Waals surface area (Å²) in [5.41, 5.74) is 2.06. The smallest absolute Gasteiger partial charge is 0.321 e. The SMILES string of the molecule is CCN(CC)B(C#Cc1ccccc1)C#Cc1ccccc1. The van der Waals surface area contributed by atoms with E-state index in [1.807, 2.05) is 60.7 Å². The van der Waals surface area contributed by atoms with Gasteiger partial charge < -0.3 is 4.81 Å². The van der Waals surface area contributed by atoms with E-state index in [0.717, 1.165) is 24.2 Å². The fourth-order valence-electron chi connectivity index (χ4n) is 2.15. The fraction of sp³-hybridized carbons (Fsp3) is 0.200. The monoisotopic (exact) mass is 285 g/mol. The van der Waals surface area contributed by atoms with E-state index in [0.29, 0.717) is 0 Å². The van der Waals surface area contributed by atoms with Gasteiger partial charge in [-0.05, 0) is 37.4 Å². The molecule has 0 heterocycles. The molecule has 0 N–H and O–H groups in total. The molecular weight excluding hydrogens is 265 g/mol. The van der Waals surface area contributed by atoms with E-state index in [2.05, 4.69) is 42.1 Å². The van der Waals surface area contributed by atoms with E-state index in [-0.39, 0.29) is 6.85 Å². The Bertz CT molecular complexity index is 625. The molecule has 2 rings (SSSR count). The Hall–Kier alpha value is -2.42. The lowest BCUT2D eigenvalue weighted by Crippen LogP contribution is -2.37. The van der Waals surface area contributed by atoms with Crippen LogP contribution in [0.2, 0.25) is 0 Å². The Labute approximate surface area is 134 Å². The van der Waals surface area contributed by atoms with E-state index in [4.69, 9.17) is 0 Å². The van der Waals surface area contributed by atoms with Crippen LogP contribution in [0.15, 0.2) is 60.7 Å². The highest BCUT2D eigenvalue weighted by atomic mass is 15.0. The lowest BCUT2D eigenvalue weighted by atomic mass is 9.61. The van der Waals surface area contributed by atoms with Crippen molar-refractivity contribution in [1.82, 2.24) is 4.81 Å². The quantitative estimate of drug-likeness (QED) is 0.616. The summed E-state index contributed by atoms with van der Waals surface area (Å²) in [4.78, 5) is 2.27. The Morgan fingerprint density at radius 2 is 1.14 bits per heavy atom. The second kappa shape index (κ2) is 8.78. The minimum Gasteiger partial charge on any atom is -0.321 e. The molecule has 0 atom stereocenters. The topological polar surface area (TPSA) is 3.24 Å². The third kappa shape index (κ3) is 4.85. The second-order valence-electron chi connectivity index (χ2n) is 4.89. The highest BCUT2D eigenvalue weighted by Gasteiger charge is 2.16. The summed E-state index contributed by atoms with van der Waals surface area (Å²) < 4.78 is 0. The van der Waals surface area contributed by atoms with E-state index in [9.17, 15) is 0 Å². The number of nitrogens with zero attached hydrogens (tertiary/aromatic N) is 1. The van der Waals surface area contributed by atoms with Crippen LogP contribution in [0.5, 0.6) is 0 Å². The van der Waals surface area contributed by atoms with Crippen molar-refractivity contribution in [1.29, 1.82) is 0 Å². The zero-order valence-electron chi connectivity index (χ0n) is 13.2. The highest BCUT2D eigenvalue weighted by Crippen LogP contribution is 1.99. The van der Waals surface area contributed by atoms with Crippen molar-refractivity contribution >= 4 is 6.85 Å². The van der Waals surface area contributed by atoms with Gasteiger partial charge in [-0.2, -0.15) is 0 Å². The van der Waals surface area contributed by atoms with Crippen molar-refractivity contribution in [2.24, 2.45) is 0 Å². The average molecular weight is 285 g/mol. The van der Waals surface area contributed by atoms with Gasteiger partial charge in [0.15, 0.2) is 0 Å². The van der Waals surface area contributed by atoms with Gasteiger partial charge in [0, 0.05) is 11.1 Å². The van der Waals surface area contributed by atoms with Gasteiger partial charge in [-0.25, -0.2) is 0 Å². The van der Waals surface area contributed by atoms with Gasteiger partial charge in [0.05, 0.1) is 0 Å². The van der Waals surface area contributed by atoms with Crippen LogP contribution in [0.1, 0.15) is 25.0 Å². The van der Waals surface area contributed by atoms with E-state index in [1.165, 1.54) is 0 Å². The molecule has 0 unspecified atom stereocenters. The first-order chi connectivity index (χ1) is 10.8. The van der Waals surface area contributed by atoms with Crippen molar-refractivity contribution in [3.8, 4) is 23.5 Å². The molecule has 0 aliphatic rings. The lowest BCUT2D eigenvalue weighted by molar-refractivity contribution is 0.492. The van der Waals surface area contributed by atoms with Gasteiger partial charge in [0.1, 0.15) is 0 Å². The van der Waals surface area contributed by atoms with Crippen LogP contribution in [-0.2, 0) is 0 Å². The molecule has 0 saturated heterocycles. The average Bonchev–Trinajstić information content (AvgIpc) is 2.59. The van der Waals surface area contributed by atoms with Crippen molar-refractivity contribution in [3.05, 3.63) is 71.8 Å². The molecule has 2 heteroatoms. The molecule has 108 valence electrons. The number of benzene rings is 2. The maximum Gasteiger partial charge on any atom is 0.397 e. The summed E-state index contributed by atoms with van der Waals surface area (Å²) in [7, 11) is 0. The Morgan fingerprint density at radius 3 is 1.50 bits per heavy atom. The molecule has 0 radical (unpaired) electrons. The summed E-state index contributed by atoms with van der Waals surface area (Å²) in [5, 5.41) is 0. The van der Waals surface area contributed by atoms with Crippen LogP contribution < -0.4 is 0 Å². The Balaban J connectivity index is 2.24. The Morgan fingerprint density at radius 1 is 0.727 bits per heavy atom. The molecule has 0 spiro atoms. The molecule has 22 heavy (non-hydrogen) atoms. The summed E-state index contributed by atoms with van der Waals surface area (Å²) in [6, 6.07) is 20.1. The van der Waals surface area contributed by atoms with Gasteiger partial charge in [0.2, 0.25) is 0 Å². The molecular formula is C20H20BN. The van der Waals surface area contributed by atoms with Crippen molar-refractivity contribution in [2.75, 3.05) is 13.1 Å². The van der Waals surface area contributed by atoms with Gasteiger partial charge in [-0.3, -0.25) is 0 Å². The van der Waals surface area contributed by atoms with Gasteiger partial charge >= 0.3 is 6.85 Å². The first kappa shape index (κ1) is 16.0. The fourth-order valence-corrected chi connectivity index (χ4v) is 2.15. The molecule has 2 aromatic rings. The summed E-state index contributed by atoms with van der Waals surface area (Å²) in [6.07, 6.45) is 0. The number of hydrogen-bond acceptors (Lipinski definition) is 1. The predicted molar refractivity (Wildman–Crippen MR) is 95.3 cm³/mol. The minimum absolute atomic E-state index is 0.0459. The standard InChI is InChI=1S/C20H20BN/c1-3-22(4-2)21(17-15-19-11-7-5-8-12-19)18-16-20-13-9-6-10-14-20/h5-14H,3-4H2,1-2H3. The van der Waals surface area contributed by atoms with Crippen molar-refractivity contribution in [3.63, 3.8) is 0 Å². The molecule has 0 bridgehead atoms. The lowest BCUT2D eigenvalue weighted by Gasteiger charge is -2.18. The van der Waals surface area contributed by atoms with Crippen molar-refractivity contribution in [2.45, 2.75) is 13.8 Å². The molecule has 0 aromatic heterocycles. The zero-order valence-corrected chi connectivity index (χ0v) is 13.2.